The highest BCUT2D eigenvalue weighted by molar-refractivity contribution is 9.10. The molecule has 2 aromatic carbocycles. The van der Waals surface area contributed by atoms with E-state index < -0.39 is 0 Å². The monoisotopic (exact) mass is 385 g/mol. The van der Waals surface area contributed by atoms with E-state index >= 15 is 0 Å². The molecule has 1 aliphatic rings. The molecule has 110 valence electrons. The fraction of sp³-hybridized carbons (Fsp3) is 0.250. The van der Waals surface area contributed by atoms with Crippen molar-refractivity contribution in [1.29, 1.82) is 0 Å². The molecular formula is C16H14BrCl2NO. The molecule has 0 bridgehead atoms. The molecule has 2 nitrogen and oxygen atoms in total. The third-order valence-electron chi connectivity index (χ3n) is 3.65. The highest BCUT2D eigenvalue weighted by atomic mass is 79.9. The van der Waals surface area contributed by atoms with Crippen LogP contribution in [-0.4, -0.2) is 13.7 Å². The van der Waals surface area contributed by atoms with Crippen LogP contribution >= 0.6 is 39.1 Å². The molecule has 0 fully saturated rings. The number of benzene rings is 2. The molecule has 5 heteroatoms. The molecule has 0 saturated carbocycles. The van der Waals surface area contributed by atoms with Crippen LogP contribution in [0.1, 0.15) is 22.7 Å². The summed E-state index contributed by atoms with van der Waals surface area (Å²) in [5.74, 6) is 0.926. The molecule has 0 aromatic heterocycles. The van der Waals surface area contributed by atoms with E-state index in [0.717, 1.165) is 38.4 Å². The van der Waals surface area contributed by atoms with E-state index in [-0.39, 0.29) is 6.04 Å². The van der Waals surface area contributed by atoms with Crippen LogP contribution in [0.15, 0.2) is 34.8 Å². The van der Waals surface area contributed by atoms with Crippen molar-refractivity contribution in [2.75, 3.05) is 13.7 Å². The van der Waals surface area contributed by atoms with Crippen LogP contribution in [0.5, 0.6) is 5.75 Å². The minimum atomic E-state index is -0.0689. The van der Waals surface area contributed by atoms with Gasteiger partial charge in [0.15, 0.2) is 0 Å². The fourth-order valence-corrected chi connectivity index (χ4v) is 3.58. The summed E-state index contributed by atoms with van der Waals surface area (Å²) < 4.78 is 6.79. The maximum Gasteiger partial charge on any atom is 0.127 e. The summed E-state index contributed by atoms with van der Waals surface area (Å²) in [7, 11) is 1.91. The second-order valence-electron chi connectivity index (χ2n) is 4.97. The van der Waals surface area contributed by atoms with Crippen LogP contribution in [0.2, 0.25) is 10.0 Å². The van der Waals surface area contributed by atoms with Crippen LogP contribution in [-0.2, 0) is 6.42 Å². The molecule has 3 rings (SSSR count). The highest BCUT2D eigenvalue weighted by Gasteiger charge is 2.25. The summed E-state index contributed by atoms with van der Waals surface area (Å²) in [6, 6.07) is 9.69. The van der Waals surface area contributed by atoms with Crippen molar-refractivity contribution in [2.45, 2.75) is 12.5 Å². The molecule has 0 radical (unpaired) electrons. The van der Waals surface area contributed by atoms with Gasteiger partial charge in [0.05, 0.1) is 12.6 Å². The average Bonchev–Trinajstić information content (AvgIpc) is 2.91. The Hall–Kier alpha value is -0.740. The largest absolute Gasteiger partial charge is 0.493 e. The van der Waals surface area contributed by atoms with E-state index in [1.807, 2.05) is 37.4 Å². The first-order chi connectivity index (χ1) is 10.1. The molecule has 0 aliphatic carbocycles. The lowest BCUT2D eigenvalue weighted by atomic mass is 9.96. The molecule has 1 unspecified atom stereocenters. The highest BCUT2D eigenvalue weighted by Crippen LogP contribution is 2.40. The van der Waals surface area contributed by atoms with Gasteiger partial charge in [0.25, 0.3) is 0 Å². The fourth-order valence-electron chi connectivity index (χ4n) is 2.73. The number of rotatable bonds is 3. The summed E-state index contributed by atoms with van der Waals surface area (Å²) in [4.78, 5) is 0. The Labute approximate surface area is 142 Å². The number of nitrogens with one attached hydrogen (secondary N) is 1. The normalized spacial score (nSPS) is 14.7. The Bertz CT molecular complexity index is 690. The van der Waals surface area contributed by atoms with Crippen molar-refractivity contribution in [1.82, 2.24) is 5.32 Å². The Morgan fingerprint density at radius 2 is 2.00 bits per heavy atom. The summed E-state index contributed by atoms with van der Waals surface area (Å²) in [5.41, 5.74) is 3.18. The van der Waals surface area contributed by atoms with Crippen molar-refractivity contribution in [3.8, 4) is 5.75 Å². The van der Waals surface area contributed by atoms with Gasteiger partial charge in [-0.1, -0.05) is 39.1 Å². The Kier molecular flexibility index (Phi) is 4.46. The second kappa shape index (κ2) is 6.17. The average molecular weight is 387 g/mol. The van der Waals surface area contributed by atoms with E-state index in [4.69, 9.17) is 27.9 Å². The van der Waals surface area contributed by atoms with E-state index in [9.17, 15) is 0 Å². The minimum absolute atomic E-state index is 0.0689. The van der Waals surface area contributed by atoms with Gasteiger partial charge in [-0.2, -0.15) is 0 Å². The Morgan fingerprint density at radius 3 is 2.76 bits per heavy atom. The van der Waals surface area contributed by atoms with Gasteiger partial charge in [-0.3, -0.25) is 0 Å². The predicted molar refractivity (Wildman–Crippen MR) is 90.7 cm³/mol. The quantitative estimate of drug-likeness (QED) is 0.801. The first-order valence-corrected chi connectivity index (χ1v) is 8.22. The van der Waals surface area contributed by atoms with Gasteiger partial charge in [0.1, 0.15) is 5.75 Å². The molecule has 2 aromatic rings. The number of hydrogen-bond acceptors (Lipinski definition) is 2. The van der Waals surface area contributed by atoms with Crippen LogP contribution < -0.4 is 10.1 Å². The van der Waals surface area contributed by atoms with Crippen molar-refractivity contribution in [3.05, 3.63) is 61.5 Å². The van der Waals surface area contributed by atoms with Crippen molar-refractivity contribution in [2.24, 2.45) is 0 Å². The first-order valence-electron chi connectivity index (χ1n) is 6.67. The minimum Gasteiger partial charge on any atom is -0.493 e. The third-order valence-corrected chi connectivity index (χ3v) is 4.70. The molecule has 21 heavy (non-hydrogen) atoms. The summed E-state index contributed by atoms with van der Waals surface area (Å²) in [6.45, 7) is 0.700. The van der Waals surface area contributed by atoms with Gasteiger partial charge < -0.3 is 10.1 Å². The molecule has 0 saturated heterocycles. The lowest BCUT2D eigenvalue weighted by Gasteiger charge is -2.21. The number of halogens is 3. The van der Waals surface area contributed by atoms with Crippen LogP contribution in [0.3, 0.4) is 0 Å². The van der Waals surface area contributed by atoms with E-state index in [1.54, 1.807) is 0 Å². The van der Waals surface area contributed by atoms with Gasteiger partial charge in [0, 0.05) is 26.5 Å². The zero-order valence-electron chi connectivity index (χ0n) is 11.4. The van der Waals surface area contributed by atoms with E-state index in [1.165, 1.54) is 0 Å². The van der Waals surface area contributed by atoms with Crippen LogP contribution in [0.25, 0.3) is 0 Å². The zero-order chi connectivity index (χ0) is 15.0. The topological polar surface area (TPSA) is 21.3 Å². The maximum atomic E-state index is 6.38. The van der Waals surface area contributed by atoms with Crippen LogP contribution in [0, 0.1) is 0 Å². The first kappa shape index (κ1) is 15.2. The molecule has 1 heterocycles. The molecular weight excluding hydrogens is 373 g/mol. The van der Waals surface area contributed by atoms with E-state index in [2.05, 4.69) is 21.2 Å². The smallest absolute Gasteiger partial charge is 0.127 e. The van der Waals surface area contributed by atoms with Gasteiger partial charge in [-0.15, -0.1) is 0 Å². The van der Waals surface area contributed by atoms with Crippen LogP contribution in [0.4, 0.5) is 0 Å². The third kappa shape index (κ3) is 2.93. The maximum absolute atomic E-state index is 6.38. The summed E-state index contributed by atoms with van der Waals surface area (Å²) >= 11 is 16.1. The molecule has 1 aliphatic heterocycles. The lowest BCUT2D eigenvalue weighted by molar-refractivity contribution is 0.351. The van der Waals surface area contributed by atoms with Crippen molar-refractivity contribution in [3.63, 3.8) is 0 Å². The SMILES string of the molecule is CNC(c1cc(Br)ccc1Cl)c1cc(Cl)cc2c1OCC2. The number of hydrogen-bond donors (Lipinski definition) is 1. The Morgan fingerprint density at radius 1 is 1.19 bits per heavy atom. The van der Waals surface area contributed by atoms with Gasteiger partial charge in [-0.25, -0.2) is 0 Å². The molecule has 0 amide bonds. The molecule has 1 N–H and O–H groups in total. The van der Waals surface area contributed by atoms with Gasteiger partial charge >= 0.3 is 0 Å². The van der Waals surface area contributed by atoms with Crippen molar-refractivity contribution >= 4 is 39.1 Å². The Balaban J connectivity index is 2.15. The number of ether oxygens (including phenoxy) is 1. The summed E-state index contributed by atoms with van der Waals surface area (Å²) in [5, 5.41) is 4.75. The zero-order valence-corrected chi connectivity index (χ0v) is 14.5. The number of fused-ring (bicyclic) bond motifs is 1. The lowest BCUT2D eigenvalue weighted by Crippen LogP contribution is -2.19. The van der Waals surface area contributed by atoms with E-state index in [0.29, 0.717) is 11.6 Å². The van der Waals surface area contributed by atoms with Gasteiger partial charge in [0.2, 0.25) is 0 Å². The van der Waals surface area contributed by atoms with Crippen molar-refractivity contribution < 1.29 is 4.74 Å². The standard InChI is InChI=1S/C16H14BrCl2NO/c1-20-15(12-7-10(17)2-3-14(12)19)13-8-11(18)6-9-4-5-21-16(9)13/h2-3,6-8,15,20H,4-5H2,1H3. The molecule has 1 atom stereocenters. The predicted octanol–water partition coefficient (Wildman–Crippen LogP) is 5.00. The second-order valence-corrected chi connectivity index (χ2v) is 6.73. The van der Waals surface area contributed by atoms with Gasteiger partial charge in [-0.05, 0) is 48.5 Å². The summed E-state index contributed by atoms with van der Waals surface area (Å²) in [6.07, 6.45) is 0.894. The molecule has 0 spiro atoms.